The molecule has 0 aliphatic carbocycles. The average Bonchev–Trinajstić information content (AvgIpc) is 2.71. The molecule has 0 radical (unpaired) electrons. The summed E-state index contributed by atoms with van der Waals surface area (Å²) in [7, 11) is 0. The standard InChI is InChI=1S/C26H51NO/c1-2-3-4-5-6-7-8-9-10-11-12-13-14-15-16-17-18-19-20-21-22-23-24-25-27-26-28/h2-25H2,1H3. The molecule has 0 unspecified atom stereocenters. The first kappa shape index (κ1) is 27.4. The van der Waals surface area contributed by atoms with Crippen LogP contribution in [-0.4, -0.2) is 12.6 Å². The number of hydrogen-bond acceptors (Lipinski definition) is 2. The van der Waals surface area contributed by atoms with E-state index in [1.807, 2.05) is 0 Å². The minimum absolute atomic E-state index is 0.669. The molecule has 0 spiro atoms. The van der Waals surface area contributed by atoms with Crippen LogP contribution in [0.3, 0.4) is 0 Å². The van der Waals surface area contributed by atoms with E-state index in [9.17, 15) is 4.79 Å². The number of unbranched alkanes of at least 4 members (excludes halogenated alkanes) is 22. The summed E-state index contributed by atoms with van der Waals surface area (Å²) < 4.78 is 0. The van der Waals surface area contributed by atoms with Gasteiger partial charge in [-0.1, -0.05) is 148 Å². The molecule has 0 aromatic heterocycles. The Balaban J connectivity index is 2.98. The van der Waals surface area contributed by atoms with Gasteiger partial charge in [-0.2, -0.15) is 0 Å². The quantitative estimate of drug-likeness (QED) is 0.0912. The molecule has 2 heteroatoms. The third-order valence-corrected chi connectivity index (χ3v) is 5.94. The van der Waals surface area contributed by atoms with E-state index < -0.39 is 0 Å². The number of hydrogen-bond donors (Lipinski definition) is 0. The second kappa shape index (κ2) is 26.4. The van der Waals surface area contributed by atoms with E-state index in [0.717, 1.165) is 6.42 Å². The Morgan fingerprint density at radius 2 is 0.679 bits per heavy atom. The molecular weight excluding hydrogens is 342 g/mol. The van der Waals surface area contributed by atoms with Gasteiger partial charge in [0.1, 0.15) is 0 Å². The van der Waals surface area contributed by atoms with Gasteiger partial charge in [-0.05, 0) is 6.42 Å². The number of aliphatic imine (C=N–C) groups is 1. The normalized spacial score (nSPS) is 10.9. The van der Waals surface area contributed by atoms with E-state index in [0.29, 0.717) is 6.54 Å². The lowest BCUT2D eigenvalue weighted by molar-refractivity contribution is 0.518. The van der Waals surface area contributed by atoms with Crippen LogP contribution in [0, 0.1) is 0 Å². The summed E-state index contributed by atoms with van der Waals surface area (Å²) in [6, 6.07) is 0. The summed E-state index contributed by atoms with van der Waals surface area (Å²) in [6.45, 7) is 2.96. The van der Waals surface area contributed by atoms with Crippen molar-refractivity contribution in [2.45, 2.75) is 155 Å². The van der Waals surface area contributed by atoms with Gasteiger partial charge in [0.25, 0.3) is 0 Å². The van der Waals surface area contributed by atoms with Crippen LogP contribution in [0.5, 0.6) is 0 Å². The van der Waals surface area contributed by atoms with Crippen LogP contribution < -0.4 is 0 Å². The number of nitrogens with zero attached hydrogens (tertiary/aromatic N) is 1. The second-order valence-electron chi connectivity index (χ2n) is 8.75. The van der Waals surface area contributed by atoms with Gasteiger partial charge < -0.3 is 0 Å². The van der Waals surface area contributed by atoms with Gasteiger partial charge in [0, 0.05) is 0 Å². The highest BCUT2D eigenvalue weighted by atomic mass is 16.1. The van der Waals surface area contributed by atoms with Gasteiger partial charge in [-0.25, -0.2) is 9.79 Å². The van der Waals surface area contributed by atoms with Crippen molar-refractivity contribution >= 4 is 6.08 Å². The Hall–Kier alpha value is -0.620. The molecule has 0 saturated heterocycles. The first-order valence-electron chi connectivity index (χ1n) is 13.0. The van der Waals surface area contributed by atoms with Crippen LogP contribution in [0.1, 0.15) is 155 Å². The minimum Gasteiger partial charge on any atom is -0.211 e. The van der Waals surface area contributed by atoms with Crippen molar-refractivity contribution in [3.05, 3.63) is 0 Å². The molecule has 0 amide bonds. The third kappa shape index (κ3) is 25.4. The summed E-state index contributed by atoms with van der Waals surface area (Å²) in [5.74, 6) is 0. The molecule has 166 valence electrons. The largest absolute Gasteiger partial charge is 0.234 e. The van der Waals surface area contributed by atoms with Gasteiger partial charge in [0.2, 0.25) is 6.08 Å². The molecule has 0 aromatic rings. The van der Waals surface area contributed by atoms with Crippen molar-refractivity contribution in [1.29, 1.82) is 0 Å². The first-order chi connectivity index (χ1) is 13.9. The lowest BCUT2D eigenvalue weighted by Gasteiger charge is -2.04. The molecule has 2 nitrogen and oxygen atoms in total. The van der Waals surface area contributed by atoms with Crippen LogP contribution in [0.2, 0.25) is 0 Å². The molecule has 0 saturated carbocycles. The molecule has 0 aromatic carbocycles. The van der Waals surface area contributed by atoms with Crippen molar-refractivity contribution in [3.63, 3.8) is 0 Å². The average molecular weight is 394 g/mol. The fraction of sp³-hybridized carbons (Fsp3) is 0.962. The van der Waals surface area contributed by atoms with E-state index in [1.54, 1.807) is 6.08 Å². The monoisotopic (exact) mass is 393 g/mol. The lowest BCUT2D eigenvalue weighted by atomic mass is 10.0. The van der Waals surface area contributed by atoms with Crippen LogP contribution >= 0.6 is 0 Å². The molecular formula is C26H51NO. The van der Waals surface area contributed by atoms with Gasteiger partial charge in [-0.3, -0.25) is 0 Å². The van der Waals surface area contributed by atoms with Crippen LogP contribution in [0.25, 0.3) is 0 Å². The Morgan fingerprint density at radius 1 is 0.429 bits per heavy atom. The fourth-order valence-corrected chi connectivity index (χ4v) is 4.02. The number of isocyanates is 1. The highest BCUT2D eigenvalue weighted by molar-refractivity contribution is 5.32. The Labute approximate surface area is 177 Å². The summed E-state index contributed by atoms with van der Waals surface area (Å²) in [5, 5.41) is 0. The Morgan fingerprint density at radius 3 is 0.929 bits per heavy atom. The van der Waals surface area contributed by atoms with E-state index >= 15 is 0 Å². The van der Waals surface area contributed by atoms with Gasteiger partial charge in [0.15, 0.2) is 0 Å². The maximum absolute atomic E-state index is 9.94. The highest BCUT2D eigenvalue weighted by Gasteiger charge is 1.95. The van der Waals surface area contributed by atoms with Crippen molar-refractivity contribution in [2.24, 2.45) is 4.99 Å². The molecule has 0 rings (SSSR count). The molecule has 0 N–H and O–H groups in total. The summed E-state index contributed by atoms with van der Waals surface area (Å²) in [5.41, 5.74) is 0. The Kier molecular flexibility index (Phi) is 25.8. The van der Waals surface area contributed by atoms with Crippen molar-refractivity contribution in [1.82, 2.24) is 0 Å². The maximum Gasteiger partial charge on any atom is 0.234 e. The van der Waals surface area contributed by atoms with E-state index in [2.05, 4.69) is 11.9 Å². The summed E-state index contributed by atoms with van der Waals surface area (Å²) in [4.78, 5) is 13.5. The zero-order chi connectivity index (χ0) is 20.4. The molecule has 28 heavy (non-hydrogen) atoms. The molecule has 0 heterocycles. The molecule has 0 atom stereocenters. The van der Waals surface area contributed by atoms with Gasteiger partial charge in [0.05, 0.1) is 6.54 Å². The van der Waals surface area contributed by atoms with Crippen LogP contribution in [0.15, 0.2) is 4.99 Å². The van der Waals surface area contributed by atoms with Gasteiger partial charge >= 0.3 is 0 Å². The third-order valence-electron chi connectivity index (χ3n) is 5.94. The van der Waals surface area contributed by atoms with Crippen molar-refractivity contribution in [2.75, 3.05) is 6.54 Å². The molecule has 0 aliphatic rings. The maximum atomic E-state index is 9.94. The van der Waals surface area contributed by atoms with Gasteiger partial charge in [-0.15, -0.1) is 0 Å². The minimum atomic E-state index is 0.669. The van der Waals surface area contributed by atoms with E-state index in [4.69, 9.17) is 0 Å². The van der Waals surface area contributed by atoms with E-state index in [-0.39, 0.29) is 0 Å². The van der Waals surface area contributed by atoms with Crippen molar-refractivity contribution < 1.29 is 4.79 Å². The summed E-state index contributed by atoms with van der Waals surface area (Å²) in [6.07, 6.45) is 34.0. The first-order valence-corrected chi connectivity index (χ1v) is 13.0. The smallest absolute Gasteiger partial charge is 0.211 e. The zero-order valence-corrected chi connectivity index (χ0v) is 19.3. The fourth-order valence-electron chi connectivity index (χ4n) is 4.02. The number of rotatable bonds is 24. The predicted molar refractivity (Wildman–Crippen MR) is 125 cm³/mol. The second-order valence-corrected chi connectivity index (χ2v) is 8.75. The zero-order valence-electron chi connectivity index (χ0n) is 19.3. The Bertz CT molecular complexity index is 322. The molecule has 0 bridgehead atoms. The van der Waals surface area contributed by atoms with Crippen LogP contribution in [-0.2, 0) is 4.79 Å². The topological polar surface area (TPSA) is 29.4 Å². The summed E-state index contributed by atoms with van der Waals surface area (Å²) >= 11 is 0. The van der Waals surface area contributed by atoms with Crippen LogP contribution in [0.4, 0.5) is 0 Å². The lowest BCUT2D eigenvalue weighted by Crippen LogP contribution is -1.85. The number of carbonyl (C=O) groups excluding carboxylic acids is 1. The SMILES string of the molecule is CCCCCCCCCCCCCCCCCCCCCCCCCN=C=O. The highest BCUT2D eigenvalue weighted by Crippen LogP contribution is 2.15. The van der Waals surface area contributed by atoms with Crippen molar-refractivity contribution in [3.8, 4) is 0 Å². The molecule has 0 fully saturated rings. The van der Waals surface area contributed by atoms with E-state index in [1.165, 1.54) is 141 Å². The molecule has 0 aliphatic heterocycles. The predicted octanol–water partition coefficient (Wildman–Crippen LogP) is 9.31.